The van der Waals surface area contributed by atoms with Gasteiger partial charge in [0, 0.05) is 33.7 Å². The Morgan fingerprint density at radius 2 is 1.71 bits per heavy atom. The molecule has 3 rings (SSSR count). The summed E-state index contributed by atoms with van der Waals surface area (Å²) in [5.74, 6) is -0.176. The van der Waals surface area contributed by atoms with Crippen LogP contribution in [0.2, 0.25) is 10.0 Å². The van der Waals surface area contributed by atoms with Crippen LogP contribution < -0.4 is 10.0 Å². The number of sulfonamides is 1. The number of rotatable bonds is 4. The lowest BCUT2D eigenvalue weighted by Gasteiger charge is -2.29. The summed E-state index contributed by atoms with van der Waals surface area (Å²) in [6, 6.07) is 5.92. The number of fused-ring (bicyclic) bond motifs is 2. The van der Waals surface area contributed by atoms with E-state index in [1.54, 1.807) is 18.2 Å². The Bertz CT molecular complexity index is 604. The molecule has 0 amide bonds. The SMILES string of the molecule is O=S(=O)(Cc1c(Cl)cccc1Cl)NC1CC2CCC(C1)N2. The van der Waals surface area contributed by atoms with Crippen molar-refractivity contribution in [3.8, 4) is 0 Å². The van der Waals surface area contributed by atoms with E-state index >= 15 is 0 Å². The largest absolute Gasteiger partial charge is 0.311 e. The molecule has 1 aromatic rings. The molecule has 0 spiro atoms. The summed E-state index contributed by atoms with van der Waals surface area (Å²) in [5, 5.41) is 4.27. The molecule has 2 saturated heterocycles. The van der Waals surface area contributed by atoms with Gasteiger partial charge in [-0.1, -0.05) is 29.3 Å². The molecule has 116 valence electrons. The van der Waals surface area contributed by atoms with Crippen molar-refractivity contribution in [1.29, 1.82) is 0 Å². The molecule has 2 bridgehead atoms. The first-order valence-corrected chi connectivity index (χ1v) is 9.53. The van der Waals surface area contributed by atoms with Crippen molar-refractivity contribution in [3.05, 3.63) is 33.8 Å². The first kappa shape index (κ1) is 15.6. The van der Waals surface area contributed by atoms with Crippen LogP contribution in [0.15, 0.2) is 18.2 Å². The van der Waals surface area contributed by atoms with E-state index in [-0.39, 0.29) is 11.8 Å². The Labute approximate surface area is 135 Å². The molecular weight excluding hydrogens is 331 g/mol. The maximum Gasteiger partial charge on any atom is 0.216 e. The molecule has 2 heterocycles. The van der Waals surface area contributed by atoms with Gasteiger partial charge in [-0.3, -0.25) is 0 Å². The topological polar surface area (TPSA) is 58.2 Å². The Balaban J connectivity index is 1.70. The van der Waals surface area contributed by atoms with Gasteiger partial charge in [0.25, 0.3) is 0 Å². The van der Waals surface area contributed by atoms with Crippen molar-refractivity contribution >= 4 is 33.2 Å². The maximum absolute atomic E-state index is 12.4. The van der Waals surface area contributed by atoms with Gasteiger partial charge in [-0.15, -0.1) is 0 Å². The highest BCUT2D eigenvalue weighted by Crippen LogP contribution is 2.29. The molecule has 4 nitrogen and oxygen atoms in total. The van der Waals surface area contributed by atoms with E-state index < -0.39 is 10.0 Å². The number of piperidine rings is 1. The standard InChI is InChI=1S/C14H18Cl2N2O2S/c15-13-2-1-3-14(16)12(13)8-21(19,20)18-11-6-9-4-5-10(7-11)17-9/h1-3,9-11,17-18H,4-8H2. The number of benzene rings is 1. The van der Waals surface area contributed by atoms with E-state index in [0.29, 0.717) is 27.7 Å². The summed E-state index contributed by atoms with van der Waals surface area (Å²) >= 11 is 12.1. The van der Waals surface area contributed by atoms with Crippen LogP contribution in [0.1, 0.15) is 31.2 Å². The molecule has 0 saturated carbocycles. The van der Waals surface area contributed by atoms with Crippen LogP contribution in [-0.2, 0) is 15.8 Å². The van der Waals surface area contributed by atoms with Crippen LogP contribution in [0.25, 0.3) is 0 Å². The van der Waals surface area contributed by atoms with E-state index in [2.05, 4.69) is 10.0 Å². The minimum Gasteiger partial charge on any atom is -0.311 e. The van der Waals surface area contributed by atoms with E-state index in [1.807, 2.05) is 0 Å². The van der Waals surface area contributed by atoms with Gasteiger partial charge in [0.2, 0.25) is 10.0 Å². The minimum atomic E-state index is -3.44. The van der Waals surface area contributed by atoms with Crippen molar-refractivity contribution in [2.45, 2.75) is 49.6 Å². The lowest BCUT2D eigenvalue weighted by molar-refractivity contribution is 0.345. The minimum absolute atomic E-state index is 0.00927. The quantitative estimate of drug-likeness (QED) is 0.879. The molecule has 2 N–H and O–H groups in total. The van der Waals surface area contributed by atoms with E-state index in [0.717, 1.165) is 25.7 Å². The second-order valence-electron chi connectivity index (χ2n) is 5.88. The summed E-state index contributed by atoms with van der Waals surface area (Å²) in [7, 11) is -3.44. The van der Waals surface area contributed by atoms with Crippen LogP contribution in [0, 0.1) is 0 Å². The van der Waals surface area contributed by atoms with Crippen LogP contribution in [0.4, 0.5) is 0 Å². The Morgan fingerprint density at radius 1 is 1.14 bits per heavy atom. The van der Waals surface area contributed by atoms with Gasteiger partial charge in [-0.05, 0) is 37.8 Å². The normalized spacial score (nSPS) is 28.8. The zero-order valence-corrected chi connectivity index (χ0v) is 13.8. The monoisotopic (exact) mass is 348 g/mol. The highest BCUT2D eigenvalue weighted by molar-refractivity contribution is 7.88. The van der Waals surface area contributed by atoms with Gasteiger partial charge < -0.3 is 5.32 Å². The first-order valence-electron chi connectivity index (χ1n) is 7.12. The summed E-state index contributed by atoms with van der Waals surface area (Å²) < 4.78 is 27.5. The summed E-state index contributed by atoms with van der Waals surface area (Å²) in [4.78, 5) is 0. The molecule has 2 aliphatic heterocycles. The third kappa shape index (κ3) is 3.71. The fourth-order valence-electron chi connectivity index (χ4n) is 3.31. The third-order valence-corrected chi connectivity index (χ3v) is 6.28. The molecule has 21 heavy (non-hydrogen) atoms. The van der Waals surface area contributed by atoms with Gasteiger partial charge in [0.05, 0.1) is 5.75 Å². The summed E-state index contributed by atoms with van der Waals surface area (Å²) in [6.07, 6.45) is 3.98. The molecule has 0 aliphatic carbocycles. The Kier molecular flexibility index (Phi) is 4.48. The van der Waals surface area contributed by atoms with E-state index in [1.165, 1.54) is 0 Å². The molecular formula is C14H18Cl2N2O2S. The van der Waals surface area contributed by atoms with Gasteiger partial charge in [-0.25, -0.2) is 13.1 Å². The van der Waals surface area contributed by atoms with Crippen molar-refractivity contribution < 1.29 is 8.42 Å². The predicted octanol–water partition coefficient (Wildman–Crippen LogP) is 2.70. The highest BCUT2D eigenvalue weighted by Gasteiger charge is 2.35. The maximum atomic E-state index is 12.4. The van der Waals surface area contributed by atoms with E-state index in [4.69, 9.17) is 23.2 Å². The van der Waals surface area contributed by atoms with Gasteiger partial charge >= 0.3 is 0 Å². The number of nitrogens with one attached hydrogen (secondary N) is 2. The number of hydrogen-bond acceptors (Lipinski definition) is 3. The lowest BCUT2D eigenvalue weighted by atomic mass is 10.0. The number of halogens is 2. The third-order valence-electron chi connectivity index (χ3n) is 4.22. The summed E-state index contributed by atoms with van der Waals surface area (Å²) in [5.41, 5.74) is 0.463. The van der Waals surface area contributed by atoms with Crippen molar-refractivity contribution in [3.63, 3.8) is 0 Å². The van der Waals surface area contributed by atoms with Crippen molar-refractivity contribution in [2.24, 2.45) is 0 Å². The fraction of sp³-hybridized carbons (Fsp3) is 0.571. The molecule has 2 fully saturated rings. The smallest absolute Gasteiger partial charge is 0.216 e. The Morgan fingerprint density at radius 3 is 2.29 bits per heavy atom. The van der Waals surface area contributed by atoms with Gasteiger partial charge in [0.1, 0.15) is 0 Å². The Hall–Kier alpha value is -0.330. The van der Waals surface area contributed by atoms with Crippen LogP contribution in [0.3, 0.4) is 0 Å². The number of hydrogen-bond donors (Lipinski definition) is 2. The van der Waals surface area contributed by atoms with Crippen LogP contribution in [0.5, 0.6) is 0 Å². The second-order valence-corrected chi connectivity index (χ2v) is 8.45. The lowest BCUT2D eigenvalue weighted by Crippen LogP contribution is -2.48. The first-order chi connectivity index (χ1) is 9.93. The van der Waals surface area contributed by atoms with Crippen LogP contribution >= 0.6 is 23.2 Å². The average molecular weight is 349 g/mol. The highest BCUT2D eigenvalue weighted by atomic mass is 35.5. The molecule has 2 atom stereocenters. The molecule has 0 aromatic heterocycles. The second kappa shape index (κ2) is 6.05. The predicted molar refractivity (Wildman–Crippen MR) is 85.2 cm³/mol. The average Bonchev–Trinajstić information content (AvgIpc) is 2.73. The van der Waals surface area contributed by atoms with Crippen LogP contribution in [-0.4, -0.2) is 26.5 Å². The van der Waals surface area contributed by atoms with Crippen molar-refractivity contribution in [1.82, 2.24) is 10.0 Å². The molecule has 0 radical (unpaired) electrons. The van der Waals surface area contributed by atoms with Gasteiger partial charge in [-0.2, -0.15) is 0 Å². The molecule has 2 unspecified atom stereocenters. The van der Waals surface area contributed by atoms with Crippen molar-refractivity contribution in [2.75, 3.05) is 0 Å². The fourth-order valence-corrected chi connectivity index (χ4v) is 5.47. The zero-order chi connectivity index (χ0) is 15.0. The zero-order valence-electron chi connectivity index (χ0n) is 11.5. The van der Waals surface area contributed by atoms with E-state index in [9.17, 15) is 8.42 Å². The molecule has 2 aliphatic rings. The molecule has 7 heteroatoms. The molecule has 1 aromatic carbocycles. The summed E-state index contributed by atoms with van der Waals surface area (Å²) in [6.45, 7) is 0. The van der Waals surface area contributed by atoms with Gasteiger partial charge in [0.15, 0.2) is 0 Å².